The number of aliphatic hydroxyl groups excluding tert-OH is 1. The van der Waals surface area contributed by atoms with E-state index in [1.165, 1.54) is 24.8 Å². The van der Waals surface area contributed by atoms with E-state index in [9.17, 15) is 5.11 Å². The van der Waals surface area contributed by atoms with Gasteiger partial charge in [-0.1, -0.05) is 12.5 Å². The monoisotopic (exact) mass is 285 g/mol. The molecule has 0 radical (unpaired) electrons. The summed E-state index contributed by atoms with van der Waals surface area (Å²) in [4.78, 5) is 7.01. The molecule has 0 saturated carbocycles. The number of anilines is 1. The first-order valence-electron chi connectivity index (χ1n) is 7.76. The van der Waals surface area contributed by atoms with Gasteiger partial charge < -0.3 is 10.8 Å². The fourth-order valence-corrected chi connectivity index (χ4v) is 3.34. The van der Waals surface area contributed by atoms with Gasteiger partial charge in [0.15, 0.2) is 0 Å². The Morgan fingerprint density at radius 2 is 2.19 bits per heavy atom. The first kappa shape index (κ1) is 14.3. The summed E-state index contributed by atoms with van der Waals surface area (Å²) in [6.07, 6.45) is 6.37. The lowest BCUT2D eigenvalue weighted by Gasteiger charge is -2.35. The fourth-order valence-electron chi connectivity index (χ4n) is 3.34. The molecule has 2 aromatic rings. The van der Waals surface area contributed by atoms with Crippen molar-refractivity contribution in [1.29, 1.82) is 0 Å². The number of fused-ring (bicyclic) bond motifs is 1. The molecule has 1 aliphatic rings. The van der Waals surface area contributed by atoms with E-state index in [0.717, 1.165) is 36.1 Å². The van der Waals surface area contributed by atoms with E-state index in [4.69, 9.17) is 5.73 Å². The van der Waals surface area contributed by atoms with Crippen molar-refractivity contribution in [2.24, 2.45) is 0 Å². The van der Waals surface area contributed by atoms with Gasteiger partial charge in [0.1, 0.15) is 0 Å². The number of nitrogens with zero attached hydrogens (tertiary/aromatic N) is 2. The van der Waals surface area contributed by atoms with E-state index >= 15 is 0 Å². The molecule has 1 atom stereocenters. The second-order valence-corrected chi connectivity index (χ2v) is 5.85. The summed E-state index contributed by atoms with van der Waals surface area (Å²) in [5, 5.41) is 10.3. The minimum absolute atomic E-state index is 0.266. The number of nitrogens with two attached hydrogens (primary N) is 1. The molecule has 3 rings (SSSR count). The van der Waals surface area contributed by atoms with E-state index in [1.807, 2.05) is 24.4 Å². The SMILES string of the molecule is Nc1ccc(CN2CCCCC2CCO)c2ncccc12. The van der Waals surface area contributed by atoms with Crippen molar-refractivity contribution in [3.63, 3.8) is 0 Å². The van der Waals surface area contributed by atoms with Gasteiger partial charge in [-0.15, -0.1) is 0 Å². The Hall–Kier alpha value is -1.65. The van der Waals surface area contributed by atoms with Crippen molar-refractivity contribution in [3.8, 4) is 0 Å². The van der Waals surface area contributed by atoms with Crippen molar-refractivity contribution in [2.75, 3.05) is 18.9 Å². The second-order valence-electron chi connectivity index (χ2n) is 5.85. The molecule has 0 spiro atoms. The third-order valence-corrected chi connectivity index (χ3v) is 4.47. The minimum atomic E-state index is 0.266. The van der Waals surface area contributed by atoms with Crippen LogP contribution in [-0.4, -0.2) is 34.2 Å². The van der Waals surface area contributed by atoms with Crippen molar-refractivity contribution in [3.05, 3.63) is 36.0 Å². The minimum Gasteiger partial charge on any atom is -0.398 e. The second kappa shape index (κ2) is 6.41. The van der Waals surface area contributed by atoms with Crippen LogP contribution in [0.2, 0.25) is 0 Å². The van der Waals surface area contributed by atoms with Crippen LogP contribution < -0.4 is 5.73 Å². The molecule has 4 heteroatoms. The molecule has 112 valence electrons. The molecule has 3 N–H and O–H groups in total. The molecule has 2 heterocycles. The van der Waals surface area contributed by atoms with Crippen LogP contribution in [0.4, 0.5) is 5.69 Å². The highest BCUT2D eigenvalue weighted by molar-refractivity contribution is 5.92. The summed E-state index contributed by atoms with van der Waals surface area (Å²) in [5.74, 6) is 0. The van der Waals surface area contributed by atoms with Crippen LogP contribution in [0.3, 0.4) is 0 Å². The normalized spacial score (nSPS) is 20.0. The van der Waals surface area contributed by atoms with E-state index in [0.29, 0.717) is 6.04 Å². The summed E-state index contributed by atoms with van der Waals surface area (Å²) in [6.45, 7) is 2.25. The number of rotatable bonds is 4. The third-order valence-electron chi connectivity index (χ3n) is 4.47. The number of hydrogen-bond acceptors (Lipinski definition) is 4. The molecule has 0 aliphatic carbocycles. The molecule has 0 bridgehead atoms. The van der Waals surface area contributed by atoms with Gasteiger partial charge in [0.25, 0.3) is 0 Å². The van der Waals surface area contributed by atoms with Crippen molar-refractivity contribution in [1.82, 2.24) is 9.88 Å². The maximum Gasteiger partial charge on any atom is 0.0767 e. The molecule has 21 heavy (non-hydrogen) atoms. The molecule has 1 fully saturated rings. The van der Waals surface area contributed by atoms with E-state index < -0.39 is 0 Å². The lowest BCUT2D eigenvalue weighted by Crippen LogP contribution is -2.39. The zero-order valence-electron chi connectivity index (χ0n) is 12.3. The zero-order valence-corrected chi connectivity index (χ0v) is 12.3. The highest BCUT2D eigenvalue weighted by Gasteiger charge is 2.22. The number of nitrogen functional groups attached to an aromatic ring is 1. The van der Waals surface area contributed by atoms with E-state index in [-0.39, 0.29) is 6.61 Å². The molecule has 1 aromatic heterocycles. The van der Waals surface area contributed by atoms with Gasteiger partial charge in [-0.25, -0.2) is 0 Å². The van der Waals surface area contributed by atoms with Gasteiger partial charge in [-0.2, -0.15) is 0 Å². The van der Waals surface area contributed by atoms with Crippen LogP contribution in [0.1, 0.15) is 31.2 Å². The quantitative estimate of drug-likeness (QED) is 0.848. The lowest BCUT2D eigenvalue weighted by atomic mass is 9.98. The Bertz CT molecular complexity index is 612. The zero-order chi connectivity index (χ0) is 14.7. The van der Waals surface area contributed by atoms with Gasteiger partial charge in [0.2, 0.25) is 0 Å². The van der Waals surface area contributed by atoms with Gasteiger partial charge in [0.05, 0.1) is 5.52 Å². The number of aromatic nitrogens is 1. The molecule has 1 saturated heterocycles. The molecule has 0 amide bonds. The van der Waals surface area contributed by atoms with Crippen LogP contribution in [-0.2, 0) is 6.54 Å². The molecule has 1 unspecified atom stereocenters. The van der Waals surface area contributed by atoms with Crippen molar-refractivity contribution in [2.45, 2.75) is 38.3 Å². The average molecular weight is 285 g/mol. The van der Waals surface area contributed by atoms with Crippen LogP contribution in [0, 0.1) is 0 Å². The number of piperidine rings is 1. The predicted molar refractivity (Wildman–Crippen MR) is 85.9 cm³/mol. The van der Waals surface area contributed by atoms with Crippen LogP contribution in [0.5, 0.6) is 0 Å². The lowest BCUT2D eigenvalue weighted by molar-refractivity contribution is 0.113. The smallest absolute Gasteiger partial charge is 0.0767 e. The maximum absolute atomic E-state index is 9.25. The topological polar surface area (TPSA) is 62.4 Å². The average Bonchev–Trinajstić information content (AvgIpc) is 2.52. The van der Waals surface area contributed by atoms with Crippen LogP contribution >= 0.6 is 0 Å². The molecule has 1 aromatic carbocycles. The number of pyridine rings is 1. The Morgan fingerprint density at radius 3 is 3.05 bits per heavy atom. The largest absolute Gasteiger partial charge is 0.398 e. The Labute approximate surface area is 125 Å². The Morgan fingerprint density at radius 1 is 1.29 bits per heavy atom. The van der Waals surface area contributed by atoms with Gasteiger partial charge >= 0.3 is 0 Å². The summed E-state index contributed by atoms with van der Waals surface area (Å²) in [7, 11) is 0. The summed E-state index contributed by atoms with van der Waals surface area (Å²) >= 11 is 0. The predicted octanol–water partition coefficient (Wildman–Crippen LogP) is 2.55. The van der Waals surface area contributed by atoms with E-state index in [2.05, 4.69) is 16.0 Å². The van der Waals surface area contributed by atoms with Crippen molar-refractivity contribution < 1.29 is 5.11 Å². The first-order valence-corrected chi connectivity index (χ1v) is 7.76. The maximum atomic E-state index is 9.25. The van der Waals surface area contributed by atoms with Crippen LogP contribution in [0.25, 0.3) is 10.9 Å². The number of aliphatic hydroxyl groups is 1. The number of likely N-dealkylation sites (tertiary alicyclic amines) is 1. The van der Waals surface area contributed by atoms with Crippen LogP contribution in [0.15, 0.2) is 30.5 Å². The number of benzene rings is 1. The Balaban J connectivity index is 1.88. The van der Waals surface area contributed by atoms with Crippen molar-refractivity contribution >= 4 is 16.6 Å². The summed E-state index contributed by atoms with van der Waals surface area (Å²) < 4.78 is 0. The third kappa shape index (κ3) is 3.01. The van der Waals surface area contributed by atoms with Gasteiger partial charge in [-0.3, -0.25) is 9.88 Å². The molecule has 4 nitrogen and oxygen atoms in total. The number of hydrogen-bond donors (Lipinski definition) is 2. The van der Waals surface area contributed by atoms with Gasteiger partial charge in [-0.05, 0) is 49.6 Å². The molecular weight excluding hydrogens is 262 g/mol. The first-order chi connectivity index (χ1) is 10.3. The fraction of sp³-hybridized carbons (Fsp3) is 0.471. The summed E-state index contributed by atoms with van der Waals surface area (Å²) in [5.41, 5.74) is 9.06. The van der Waals surface area contributed by atoms with Gasteiger partial charge in [0, 0.05) is 36.5 Å². The summed E-state index contributed by atoms with van der Waals surface area (Å²) in [6, 6.07) is 8.51. The Kier molecular flexibility index (Phi) is 4.36. The highest BCUT2D eigenvalue weighted by atomic mass is 16.3. The van der Waals surface area contributed by atoms with E-state index in [1.54, 1.807) is 0 Å². The molecular formula is C17H23N3O. The standard InChI is InChI=1S/C17H23N3O/c18-16-7-6-13(17-15(16)5-3-9-19-17)12-20-10-2-1-4-14(20)8-11-21/h3,5-7,9,14,21H,1-2,4,8,10-12,18H2. The highest BCUT2D eigenvalue weighted by Crippen LogP contribution is 2.27. The molecule has 1 aliphatic heterocycles.